The van der Waals surface area contributed by atoms with Gasteiger partial charge in [-0.25, -0.2) is 0 Å². The first-order chi connectivity index (χ1) is 13.0. The maximum Gasteiger partial charge on any atom is 0.267 e. The molecule has 2 aliphatic rings. The third-order valence-corrected chi connectivity index (χ3v) is 6.20. The molecule has 0 atom stereocenters. The van der Waals surface area contributed by atoms with E-state index in [-0.39, 0.29) is 18.4 Å². The predicted octanol–water partition coefficient (Wildman–Crippen LogP) is 4.35. The molecule has 3 heterocycles. The first-order valence-corrected chi connectivity index (χ1v) is 10.1. The number of halogens is 1. The largest absolute Gasteiger partial charge is 0.467 e. The maximum absolute atomic E-state index is 13.1. The van der Waals surface area contributed by atoms with Gasteiger partial charge in [-0.15, -0.1) is 6.58 Å². The number of hydrogen-bond donors (Lipinski definition) is 0. The van der Waals surface area contributed by atoms with Crippen molar-refractivity contribution in [1.82, 2.24) is 4.90 Å². The quantitative estimate of drug-likeness (QED) is 0.385. The molecule has 0 aliphatic carbocycles. The number of carbonyl (C=O) groups is 2. The van der Waals surface area contributed by atoms with E-state index in [2.05, 4.69) is 22.5 Å². The lowest BCUT2D eigenvalue weighted by molar-refractivity contribution is -0.123. The highest BCUT2D eigenvalue weighted by molar-refractivity contribution is 9.10. The van der Waals surface area contributed by atoms with Gasteiger partial charge in [0.2, 0.25) is 0 Å². The molecule has 27 heavy (non-hydrogen) atoms. The highest BCUT2D eigenvalue weighted by Crippen LogP contribution is 2.45. The number of hydrogen-bond acceptors (Lipinski definition) is 5. The number of thioether (sulfide) groups is 1. The number of benzene rings is 1. The van der Waals surface area contributed by atoms with Crippen LogP contribution in [-0.4, -0.2) is 27.6 Å². The van der Waals surface area contributed by atoms with Gasteiger partial charge in [-0.3, -0.25) is 14.5 Å². The van der Waals surface area contributed by atoms with E-state index in [0.717, 1.165) is 27.5 Å². The molecule has 0 saturated carbocycles. The highest BCUT2D eigenvalue weighted by Gasteiger charge is 2.42. The molecule has 0 spiro atoms. The molecular weight excluding hydrogens is 448 g/mol. The van der Waals surface area contributed by atoms with Gasteiger partial charge < -0.3 is 9.32 Å². The summed E-state index contributed by atoms with van der Waals surface area (Å²) in [5.74, 6) is 0.129. The molecule has 136 valence electrons. The summed E-state index contributed by atoms with van der Waals surface area (Å²) in [4.78, 5) is 29.6. The molecule has 4 rings (SSSR count). The molecule has 1 aromatic carbocycles. The lowest BCUT2D eigenvalue weighted by atomic mass is 10.1. The van der Waals surface area contributed by atoms with Crippen LogP contribution in [-0.2, 0) is 16.1 Å². The Labute approximate surface area is 173 Å². The minimum atomic E-state index is -0.281. The molecule has 2 aliphatic heterocycles. The summed E-state index contributed by atoms with van der Waals surface area (Å²) in [6.07, 6.45) is 3.21. The van der Waals surface area contributed by atoms with E-state index in [1.54, 1.807) is 29.4 Å². The van der Waals surface area contributed by atoms with E-state index < -0.39 is 0 Å². The number of amides is 2. The second-order valence-corrected chi connectivity index (χ2v) is 8.47. The molecule has 1 fully saturated rings. The molecule has 1 saturated heterocycles. The van der Waals surface area contributed by atoms with Gasteiger partial charge in [0.15, 0.2) is 0 Å². The molecule has 2 aromatic rings. The minimum absolute atomic E-state index is 0.221. The Morgan fingerprint density at radius 2 is 2.04 bits per heavy atom. The fourth-order valence-electron chi connectivity index (χ4n) is 3.08. The Morgan fingerprint density at radius 3 is 2.74 bits per heavy atom. The molecule has 8 heteroatoms. The summed E-state index contributed by atoms with van der Waals surface area (Å²) >= 11 is 9.99. The van der Waals surface area contributed by atoms with Gasteiger partial charge in [0.05, 0.1) is 29.0 Å². The lowest BCUT2D eigenvalue weighted by Gasteiger charge is -2.14. The van der Waals surface area contributed by atoms with Gasteiger partial charge in [0.1, 0.15) is 10.1 Å². The number of anilines is 1. The van der Waals surface area contributed by atoms with Crippen molar-refractivity contribution in [3.63, 3.8) is 0 Å². The first kappa shape index (κ1) is 18.2. The van der Waals surface area contributed by atoms with Crippen LogP contribution in [0.3, 0.4) is 0 Å². The number of nitrogens with zero attached hydrogens (tertiary/aromatic N) is 2. The van der Waals surface area contributed by atoms with Crippen LogP contribution >= 0.6 is 39.9 Å². The lowest BCUT2D eigenvalue weighted by Crippen LogP contribution is -2.29. The molecular formula is C19H13BrN2O3S2. The average Bonchev–Trinajstić information content (AvgIpc) is 3.31. The van der Waals surface area contributed by atoms with Crippen molar-refractivity contribution in [3.05, 3.63) is 70.0 Å². The van der Waals surface area contributed by atoms with Crippen LogP contribution in [0.5, 0.6) is 0 Å². The van der Waals surface area contributed by atoms with Crippen LogP contribution in [0.25, 0.3) is 5.57 Å². The topological polar surface area (TPSA) is 53.8 Å². The van der Waals surface area contributed by atoms with Gasteiger partial charge >= 0.3 is 0 Å². The summed E-state index contributed by atoms with van der Waals surface area (Å²) < 4.78 is 6.56. The maximum atomic E-state index is 13.1. The van der Waals surface area contributed by atoms with Crippen molar-refractivity contribution >= 4 is 67.3 Å². The third kappa shape index (κ3) is 3.07. The summed E-state index contributed by atoms with van der Waals surface area (Å²) in [6.45, 7) is 4.33. The van der Waals surface area contributed by atoms with Crippen molar-refractivity contribution in [1.29, 1.82) is 0 Å². The number of thiocarbonyl (C=S) groups is 1. The van der Waals surface area contributed by atoms with Crippen LogP contribution < -0.4 is 4.90 Å². The second kappa shape index (κ2) is 7.10. The number of carbonyl (C=O) groups excluding carboxylic acids is 2. The van der Waals surface area contributed by atoms with Gasteiger partial charge in [0.25, 0.3) is 11.8 Å². The normalized spacial score (nSPS) is 19.2. The zero-order valence-corrected chi connectivity index (χ0v) is 17.2. The number of fused-ring (bicyclic) bond motifs is 1. The summed E-state index contributed by atoms with van der Waals surface area (Å²) in [5, 5.41) is 0. The van der Waals surface area contributed by atoms with Crippen molar-refractivity contribution < 1.29 is 14.0 Å². The van der Waals surface area contributed by atoms with Gasteiger partial charge in [0, 0.05) is 16.6 Å². The van der Waals surface area contributed by atoms with Crippen LogP contribution in [0.15, 0.2) is 63.0 Å². The van der Waals surface area contributed by atoms with E-state index in [9.17, 15) is 9.59 Å². The van der Waals surface area contributed by atoms with Crippen LogP contribution in [0.4, 0.5) is 5.69 Å². The molecule has 2 amide bonds. The fourth-order valence-corrected chi connectivity index (χ4v) is 4.77. The summed E-state index contributed by atoms with van der Waals surface area (Å²) in [7, 11) is 0. The van der Waals surface area contributed by atoms with Crippen LogP contribution in [0.2, 0.25) is 0 Å². The Hall–Kier alpha value is -2.16. The zero-order valence-electron chi connectivity index (χ0n) is 14.0. The summed E-state index contributed by atoms with van der Waals surface area (Å²) in [5.41, 5.74) is 1.86. The third-order valence-electron chi connectivity index (χ3n) is 4.26. The number of furan rings is 1. The smallest absolute Gasteiger partial charge is 0.267 e. The molecule has 0 bridgehead atoms. The van der Waals surface area contributed by atoms with E-state index in [1.807, 2.05) is 18.2 Å². The molecule has 1 aromatic heterocycles. The van der Waals surface area contributed by atoms with Crippen LogP contribution in [0.1, 0.15) is 11.3 Å². The van der Waals surface area contributed by atoms with Gasteiger partial charge in [-0.1, -0.05) is 46.0 Å². The molecule has 0 N–H and O–H groups in total. The van der Waals surface area contributed by atoms with E-state index >= 15 is 0 Å². The average molecular weight is 461 g/mol. The fraction of sp³-hybridized carbons (Fsp3) is 0.105. The standard InChI is InChI=1S/C19H13BrN2O3S2/c1-2-7-21-14-6-5-11(20)9-13(14)15(17(21)23)16-18(24)22(19(26)27-16)10-12-4-3-8-25-12/h2-6,8-9H,1,7,10H2/b16-15-. The van der Waals surface area contributed by atoms with Crippen molar-refractivity contribution in [2.24, 2.45) is 0 Å². The van der Waals surface area contributed by atoms with Gasteiger partial charge in [-0.2, -0.15) is 0 Å². The van der Waals surface area contributed by atoms with E-state index in [0.29, 0.717) is 27.1 Å². The summed E-state index contributed by atoms with van der Waals surface area (Å²) in [6, 6.07) is 9.12. The Kier molecular flexibility index (Phi) is 4.79. The molecule has 5 nitrogen and oxygen atoms in total. The minimum Gasteiger partial charge on any atom is -0.467 e. The second-order valence-electron chi connectivity index (χ2n) is 5.91. The van der Waals surface area contributed by atoms with Crippen molar-refractivity contribution in [2.45, 2.75) is 6.54 Å². The molecule has 0 radical (unpaired) electrons. The number of rotatable bonds is 4. The SMILES string of the molecule is C=CCN1C(=O)/C(=C2\SC(=S)N(Cc3ccco3)C2=O)c2cc(Br)ccc21. The van der Waals surface area contributed by atoms with Crippen molar-refractivity contribution in [3.8, 4) is 0 Å². The molecule has 0 unspecified atom stereocenters. The van der Waals surface area contributed by atoms with Crippen molar-refractivity contribution in [2.75, 3.05) is 11.4 Å². The highest BCUT2D eigenvalue weighted by atomic mass is 79.9. The van der Waals surface area contributed by atoms with E-state index in [4.69, 9.17) is 16.6 Å². The Morgan fingerprint density at radius 1 is 1.22 bits per heavy atom. The zero-order chi connectivity index (χ0) is 19.1. The first-order valence-electron chi connectivity index (χ1n) is 8.04. The van der Waals surface area contributed by atoms with E-state index in [1.165, 1.54) is 4.90 Å². The Bertz CT molecular complexity index is 1010. The Balaban J connectivity index is 1.79. The van der Waals surface area contributed by atoms with Crippen LogP contribution in [0, 0.1) is 0 Å². The monoisotopic (exact) mass is 460 g/mol. The van der Waals surface area contributed by atoms with Gasteiger partial charge in [-0.05, 0) is 30.3 Å². The predicted molar refractivity (Wildman–Crippen MR) is 113 cm³/mol.